The van der Waals surface area contributed by atoms with Crippen molar-refractivity contribution in [3.8, 4) is 5.69 Å². The number of ketones is 1. The van der Waals surface area contributed by atoms with Crippen molar-refractivity contribution in [2.45, 2.75) is 18.6 Å². The average Bonchev–Trinajstić information content (AvgIpc) is 3.44. The van der Waals surface area contributed by atoms with Crippen LogP contribution in [-0.2, 0) is 16.9 Å². The predicted molar refractivity (Wildman–Crippen MR) is 133 cm³/mol. The number of amides is 1. The van der Waals surface area contributed by atoms with Crippen LogP contribution in [0.2, 0.25) is 10.0 Å². The minimum Gasteiger partial charge on any atom is -0.375 e. The molecule has 0 bridgehead atoms. The summed E-state index contributed by atoms with van der Waals surface area (Å²) in [6.45, 7) is 0.226. The maximum atomic E-state index is 13.5. The van der Waals surface area contributed by atoms with E-state index in [2.05, 4.69) is 0 Å². The summed E-state index contributed by atoms with van der Waals surface area (Å²) < 4.78 is 1.88. The molecule has 0 unspecified atom stereocenters. The van der Waals surface area contributed by atoms with Crippen molar-refractivity contribution < 1.29 is 14.7 Å². The number of carbonyl (C=O) groups is 2. The molecular weight excluding hydrogens is 471 g/mol. The first kappa shape index (κ1) is 22.4. The Bertz CT molecular complexity index is 1380. The van der Waals surface area contributed by atoms with Crippen molar-refractivity contribution in [1.29, 1.82) is 0 Å². The fourth-order valence-corrected chi connectivity index (χ4v) is 4.60. The lowest BCUT2D eigenvalue weighted by molar-refractivity contribution is -0.136. The van der Waals surface area contributed by atoms with Gasteiger partial charge in [0.05, 0.1) is 18.7 Å². The number of aromatic nitrogens is 1. The molecule has 1 amide bonds. The summed E-state index contributed by atoms with van der Waals surface area (Å²) in [5.41, 5.74) is 0.900. The normalized spacial score (nSPS) is 17.1. The minimum atomic E-state index is -2.02. The van der Waals surface area contributed by atoms with Gasteiger partial charge in [-0.25, -0.2) is 0 Å². The van der Waals surface area contributed by atoms with Gasteiger partial charge in [0.15, 0.2) is 11.4 Å². The van der Waals surface area contributed by atoms with Gasteiger partial charge in [0, 0.05) is 39.3 Å². The van der Waals surface area contributed by atoms with Crippen LogP contribution in [0.5, 0.6) is 0 Å². The lowest BCUT2D eigenvalue weighted by Crippen LogP contribution is -2.41. The molecule has 0 saturated carbocycles. The number of carbonyl (C=O) groups excluding carboxylic acids is 2. The van der Waals surface area contributed by atoms with Crippen molar-refractivity contribution in [3.05, 3.63) is 118 Å². The number of anilines is 1. The smallest absolute Gasteiger partial charge is 0.264 e. The second-order valence-corrected chi connectivity index (χ2v) is 9.15. The summed E-state index contributed by atoms with van der Waals surface area (Å²) in [7, 11) is 0. The molecule has 7 heteroatoms. The van der Waals surface area contributed by atoms with Crippen LogP contribution in [0.25, 0.3) is 5.69 Å². The average molecular weight is 491 g/mol. The molecule has 1 aliphatic heterocycles. The highest BCUT2D eigenvalue weighted by Crippen LogP contribution is 2.44. The molecule has 0 radical (unpaired) electrons. The van der Waals surface area contributed by atoms with E-state index in [1.165, 1.54) is 4.90 Å². The van der Waals surface area contributed by atoms with Gasteiger partial charge < -0.3 is 14.6 Å². The summed E-state index contributed by atoms with van der Waals surface area (Å²) >= 11 is 12.2. The van der Waals surface area contributed by atoms with Crippen molar-refractivity contribution in [1.82, 2.24) is 4.57 Å². The van der Waals surface area contributed by atoms with Gasteiger partial charge in [-0.15, -0.1) is 0 Å². The Kier molecular flexibility index (Phi) is 5.78. The topological polar surface area (TPSA) is 62.5 Å². The minimum absolute atomic E-state index is 0.226. The highest BCUT2D eigenvalue weighted by Gasteiger charge is 2.51. The van der Waals surface area contributed by atoms with Crippen LogP contribution in [0.3, 0.4) is 0 Å². The highest BCUT2D eigenvalue weighted by atomic mass is 35.5. The Morgan fingerprint density at radius 2 is 1.59 bits per heavy atom. The third-order valence-electron chi connectivity index (χ3n) is 6.03. The Balaban J connectivity index is 1.48. The maximum absolute atomic E-state index is 13.5. The molecule has 1 atom stereocenters. The zero-order chi connectivity index (χ0) is 23.9. The number of nitrogens with zero attached hydrogens (tertiary/aromatic N) is 2. The van der Waals surface area contributed by atoms with Gasteiger partial charge in [-0.05, 0) is 60.2 Å². The number of aliphatic hydroxyl groups is 1. The summed E-state index contributed by atoms with van der Waals surface area (Å²) in [6, 6.07) is 22.9. The molecule has 4 aromatic rings. The molecule has 5 rings (SSSR count). The number of hydrogen-bond acceptors (Lipinski definition) is 3. The van der Waals surface area contributed by atoms with Crippen LogP contribution in [0.1, 0.15) is 27.9 Å². The Labute approximate surface area is 206 Å². The van der Waals surface area contributed by atoms with Gasteiger partial charge in [0.25, 0.3) is 5.91 Å². The maximum Gasteiger partial charge on any atom is 0.264 e. The molecule has 3 aromatic carbocycles. The quantitative estimate of drug-likeness (QED) is 0.347. The van der Waals surface area contributed by atoms with Gasteiger partial charge in [0.2, 0.25) is 0 Å². The van der Waals surface area contributed by atoms with Crippen molar-refractivity contribution in [2.24, 2.45) is 0 Å². The largest absolute Gasteiger partial charge is 0.375 e. The SMILES string of the molecule is O=C(C[C@@]1(O)C(=O)N(Cc2ccc(Cl)cc2)c2ccc(Cl)cc21)c1cccc(-n2cccc2)c1. The van der Waals surface area contributed by atoms with E-state index in [9.17, 15) is 14.7 Å². The zero-order valence-corrected chi connectivity index (χ0v) is 19.5. The molecule has 34 heavy (non-hydrogen) atoms. The van der Waals surface area contributed by atoms with Gasteiger partial charge in [-0.1, -0.05) is 47.5 Å². The molecule has 1 N–H and O–H groups in total. The number of rotatable bonds is 6. The standard InChI is InChI=1S/C27H20Cl2N2O3/c28-20-8-6-18(7-9-20)17-31-24-11-10-21(29)15-23(24)27(34,26(31)33)16-25(32)19-4-3-5-22(14-19)30-12-1-2-13-30/h1-15,34H,16-17H2/t27-/m0/s1. The highest BCUT2D eigenvalue weighted by molar-refractivity contribution is 6.31. The van der Waals surface area contributed by atoms with E-state index < -0.39 is 17.9 Å². The first-order valence-corrected chi connectivity index (χ1v) is 11.5. The Morgan fingerprint density at radius 3 is 2.32 bits per heavy atom. The van der Waals surface area contributed by atoms with Crippen molar-refractivity contribution in [2.75, 3.05) is 4.90 Å². The summed E-state index contributed by atoms with van der Waals surface area (Å²) in [4.78, 5) is 28.3. The van der Waals surface area contributed by atoms with E-state index in [1.807, 2.05) is 47.3 Å². The number of Topliss-reactive ketones (excluding diaryl/α,β-unsaturated/α-hetero) is 1. The van der Waals surface area contributed by atoms with Crippen LogP contribution in [0, 0.1) is 0 Å². The zero-order valence-electron chi connectivity index (χ0n) is 18.0. The summed E-state index contributed by atoms with van der Waals surface area (Å²) in [5.74, 6) is -0.904. The Morgan fingerprint density at radius 1 is 0.882 bits per heavy atom. The molecule has 0 aliphatic carbocycles. The number of benzene rings is 3. The van der Waals surface area contributed by atoms with Crippen molar-refractivity contribution in [3.63, 3.8) is 0 Å². The van der Waals surface area contributed by atoms with Crippen LogP contribution >= 0.6 is 23.2 Å². The molecular formula is C27H20Cl2N2O3. The van der Waals surface area contributed by atoms with E-state index in [-0.39, 0.29) is 12.3 Å². The molecule has 2 heterocycles. The van der Waals surface area contributed by atoms with E-state index in [0.29, 0.717) is 26.9 Å². The van der Waals surface area contributed by atoms with E-state index in [4.69, 9.17) is 23.2 Å². The molecule has 5 nitrogen and oxygen atoms in total. The molecule has 1 aromatic heterocycles. The number of fused-ring (bicyclic) bond motifs is 1. The second-order valence-electron chi connectivity index (χ2n) is 8.28. The third kappa shape index (κ3) is 4.03. The van der Waals surface area contributed by atoms with Crippen LogP contribution < -0.4 is 4.90 Å². The number of hydrogen-bond donors (Lipinski definition) is 1. The monoisotopic (exact) mass is 490 g/mol. The van der Waals surface area contributed by atoms with Crippen LogP contribution in [0.15, 0.2) is 91.3 Å². The fraction of sp³-hybridized carbons (Fsp3) is 0.111. The van der Waals surface area contributed by atoms with Gasteiger partial charge >= 0.3 is 0 Å². The van der Waals surface area contributed by atoms with E-state index in [0.717, 1.165) is 11.3 Å². The molecule has 0 fully saturated rings. The van der Waals surface area contributed by atoms with Gasteiger partial charge in [-0.2, -0.15) is 0 Å². The van der Waals surface area contributed by atoms with Crippen LogP contribution in [-0.4, -0.2) is 21.4 Å². The van der Waals surface area contributed by atoms with Gasteiger partial charge in [0.1, 0.15) is 0 Å². The molecule has 0 saturated heterocycles. The molecule has 170 valence electrons. The van der Waals surface area contributed by atoms with E-state index in [1.54, 1.807) is 48.5 Å². The first-order chi connectivity index (χ1) is 16.3. The van der Waals surface area contributed by atoms with Gasteiger partial charge in [-0.3, -0.25) is 9.59 Å². The fourth-order valence-electron chi connectivity index (χ4n) is 4.30. The lowest BCUT2D eigenvalue weighted by Gasteiger charge is -2.23. The van der Waals surface area contributed by atoms with Crippen LogP contribution in [0.4, 0.5) is 5.69 Å². The summed E-state index contributed by atoms with van der Waals surface area (Å²) in [5, 5.41) is 12.6. The van der Waals surface area contributed by atoms with E-state index >= 15 is 0 Å². The first-order valence-electron chi connectivity index (χ1n) is 10.7. The molecule has 1 aliphatic rings. The third-order valence-corrected chi connectivity index (χ3v) is 6.52. The molecule has 0 spiro atoms. The van der Waals surface area contributed by atoms with Crippen molar-refractivity contribution >= 4 is 40.6 Å². The predicted octanol–water partition coefficient (Wildman–Crippen LogP) is 5.79. The number of halogens is 2. The second kappa shape index (κ2) is 8.76. The summed E-state index contributed by atoms with van der Waals surface area (Å²) in [6.07, 6.45) is 3.36. The Hall–Kier alpha value is -3.38. The lowest BCUT2D eigenvalue weighted by atomic mass is 9.88.